The molecule has 0 radical (unpaired) electrons. The molecule has 2 bridgehead atoms. The Bertz CT molecular complexity index is 1120. The molecular formula is C22H26N8O. The predicted octanol–water partition coefficient (Wildman–Crippen LogP) is 3.43. The highest BCUT2D eigenvalue weighted by molar-refractivity contribution is 5.96. The molecule has 0 saturated carbocycles. The van der Waals surface area contributed by atoms with Crippen molar-refractivity contribution < 1.29 is 5.11 Å². The SMILES string of the molecule is Cc1cc(Nc2cc3nccc(O)c3c(NC3CC4CCC(C3)N4CCC#N)n2)n[nH]1. The Labute approximate surface area is 180 Å². The van der Waals surface area contributed by atoms with Gasteiger partial charge < -0.3 is 15.7 Å². The zero-order chi connectivity index (χ0) is 21.4. The zero-order valence-corrected chi connectivity index (χ0v) is 17.5. The Kier molecular flexibility index (Phi) is 5.08. The van der Waals surface area contributed by atoms with E-state index >= 15 is 0 Å². The van der Waals surface area contributed by atoms with E-state index in [1.165, 1.54) is 12.8 Å². The van der Waals surface area contributed by atoms with Gasteiger partial charge in [-0.2, -0.15) is 10.4 Å². The molecule has 4 N–H and O–H groups in total. The average molecular weight is 419 g/mol. The van der Waals surface area contributed by atoms with Gasteiger partial charge in [0.2, 0.25) is 0 Å². The lowest BCUT2D eigenvalue weighted by Gasteiger charge is -2.39. The average Bonchev–Trinajstić information content (AvgIpc) is 3.25. The van der Waals surface area contributed by atoms with E-state index in [4.69, 9.17) is 10.2 Å². The van der Waals surface area contributed by atoms with Crippen molar-refractivity contribution in [2.75, 3.05) is 17.2 Å². The number of hydrogen-bond acceptors (Lipinski definition) is 8. The summed E-state index contributed by atoms with van der Waals surface area (Å²) in [5.74, 6) is 2.10. The van der Waals surface area contributed by atoms with Crippen LogP contribution in [-0.2, 0) is 0 Å². The number of hydrogen-bond donors (Lipinski definition) is 4. The van der Waals surface area contributed by atoms with Crippen molar-refractivity contribution in [1.82, 2.24) is 25.1 Å². The van der Waals surface area contributed by atoms with Crippen LogP contribution in [0.25, 0.3) is 10.9 Å². The van der Waals surface area contributed by atoms with Crippen LogP contribution in [0.4, 0.5) is 17.5 Å². The highest BCUT2D eigenvalue weighted by atomic mass is 16.3. The number of nitrogens with zero attached hydrogens (tertiary/aromatic N) is 5. The van der Waals surface area contributed by atoms with Crippen LogP contribution in [0, 0.1) is 18.3 Å². The van der Waals surface area contributed by atoms with E-state index in [0.29, 0.717) is 46.9 Å². The summed E-state index contributed by atoms with van der Waals surface area (Å²) in [6.45, 7) is 2.79. The maximum atomic E-state index is 10.5. The van der Waals surface area contributed by atoms with Crippen LogP contribution in [0.15, 0.2) is 24.4 Å². The molecule has 0 amide bonds. The van der Waals surface area contributed by atoms with Crippen molar-refractivity contribution in [3.05, 3.63) is 30.1 Å². The minimum atomic E-state index is 0.164. The number of anilines is 3. The number of H-pyrrole nitrogens is 1. The minimum Gasteiger partial charge on any atom is -0.507 e. The molecule has 31 heavy (non-hydrogen) atoms. The molecule has 2 unspecified atom stereocenters. The monoisotopic (exact) mass is 418 g/mol. The van der Waals surface area contributed by atoms with Crippen molar-refractivity contribution >= 4 is 28.4 Å². The van der Waals surface area contributed by atoms with Crippen LogP contribution in [0.2, 0.25) is 0 Å². The van der Waals surface area contributed by atoms with Gasteiger partial charge in [0.05, 0.1) is 17.0 Å². The fourth-order valence-corrected chi connectivity index (χ4v) is 5.07. The van der Waals surface area contributed by atoms with Crippen molar-refractivity contribution in [2.24, 2.45) is 0 Å². The second kappa shape index (κ2) is 8.04. The predicted molar refractivity (Wildman–Crippen MR) is 118 cm³/mol. The molecule has 0 spiro atoms. The summed E-state index contributed by atoms with van der Waals surface area (Å²) in [7, 11) is 0. The van der Waals surface area contributed by atoms with Gasteiger partial charge in [-0.15, -0.1) is 0 Å². The number of pyridine rings is 2. The van der Waals surface area contributed by atoms with Gasteiger partial charge in [-0.05, 0) is 38.7 Å². The van der Waals surface area contributed by atoms with Gasteiger partial charge in [0.15, 0.2) is 5.82 Å². The molecule has 2 fully saturated rings. The second-order valence-electron chi connectivity index (χ2n) is 8.49. The molecule has 2 atom stereocenters. The summed E-state index contributed by atoms with van der Waals surface area (Å²) in [6.07, 6.45) is 6.53. The Hall–Kier alpha value is -3.38. The zero-order valence-electron chi connectivity index (χ0n) is 17.5. The first-order chi connectivity index (χ1) is 15.1. The Balaban J connectivity index is 1.42. The number of aromatic amines is 1. The summed E-state index contributed by atoms with van der Waals surface area (Å²) in [5, 5.41) is 34.1. The Morgan fingerprint density at radius 2 is 2.06 bits per heavy atom. The van der Waals surface area contributed by atoms with Crippen molar-refractivity contribution in [1.29, 1.82) is 5.26 Å². The van der Waals surface area contributed by atoms with Crippen LogP contribution >= 0.6 is 0 Å². The van der Waals surface area contributed by atoms with Crippen LogP contribution in [0.5, 0.6) is 5.75 Å². The largest absolute Gasteiger partial charge is 0.507 e. The molecule has 3 aromatic rings. The fourth-order valence-electron chi connectivity index (χ4n) is 5.07. The van der Waals surface area contributed by atoms with E-state index in [2.05, 4.69) is 36.8 Å². The van der Waals surface area contributed by atoms with E-state index in [0.717, 1.165) is 25.1 Å². The van der Waals surface area contributed by atoms with Crippen LogP contribution in [0.1, 0.15) is 37.8 Å². The molecule has 3 aromatic heterocycles. The molecule has 0 aromatic carbocycles. The Morgan fingerprint density at radius 1 is 1.26 bits per heavy atom. The third kappa shape index (κ3) is 3.86. The second-order valence-corrected chi connectivity index (χ2v) is 8.49. The summed E-state index contributed by atoms with van der Waals surface area (Å²) >= 11 is 0. The number of piperidine rings is 1. The van der Waals surface area contributed by atoms with Gasteiger partial charge >= 0.3 is 0 Å². The molecule has 5 rings (SSSR count). The maximum absolute atomic E-state index is 10.5. The number of fused-ring (bicyclic) bond motifs is 3. The number of aromatic hydroxyl groups is 1. The lowest BCUT2D eigenvalue weighted by Crippen LogP contribution is -2.47. The van der Waals surface area contributed by atoms with Crippen LogP contribution in [0.3, 0.4) is 0 Å². The summed E-state index contributed by atoms with van der Waals surface area (Å²) in [5.41, 5.74) is 1.62. The number of rotatable bonds is 6. The molecule has 2 aliphatic heterocycles. The van der Waals surface area contributed by atoms with Crippen molar-refractivity contribution in [2.45, 2.75) is 57.2 Å². The standard InChI is InChI=1S/C22H26N8O/c1-13-9-20(29-28-13)26-19-12-17-21(18(31)5-7-24-17)22(27-19)25-14-10-15-3-4-16(11-14)30(15)8-2-6-23/h5,7,9,12,14-16H,2-4,8,10-11H2,1H3,(H,24,31)(H3,25,26,27,28,29). The van der Waals surface area contributed by atoms with E-state index in [9.17, 15) is 5.11 Å². The maximum Gasteiger partial charge on any atom is 0.153 e. The summed E-state index contributed by atoms with van der Waals surface area (Å²) in [4.78, 5) is 11.7. The first-order valence-electron chi connectivity index (χ1n) is 10.8. The normalized spacial score (nSPS) is 23.0. The van der Waals surface area contributed by atoms with Gasteiger partial charge in [0.25, 0.3) is 0 Å². The van der Waals surface area contributed by atoms with Gasteiger partial charge in [-0.1, -0.05) is 0 Å². The third-order valence-corrected chi connectivity index (χ3v) is 6.37. The highest BCUT2D eigenvalue weighted by Gasteiger charge is 2.40. The molecule has 9 nitrogen and oxygen atoms in total. The molecule has 160 valence electrons. The van der Waals surface area contributed by atoms with Gasteiger partial charge in [-0.25, -0.2) is 4.98 Å². The first kappa shape index (κ1) is 19.6. The number of nitriles is 1. The van der Waals surface area contributed by atoms with Crippen LogP contribution < -0.4 is 10.6 Å². The molecule has 9 heteroatoms. The molecular weight excluding hydrogens is 392 g/mol. The lowest BCUT2D eigenvalue weighted by atomic mass is 9.97. The summed E-state index contributed by atoms with van der Waals surface area (Å²) < 4.78 is 0. The molecule has 2 aliphatic rings. The van der Waals surface area contributed by atoms with E-state index < -0.39 is 0 Å². The van der Waals surface area contributed by atoms with Crippen molar-refractivity contribution in [3.8, 4) is 11.8 Å². The van der Waals surface area contributed by atoms with Gasteiger partial charge in [0.1, 0.15) is 17.4 Å². The fraction of sp³-hybridized carbons (Fsp3) is 0.455. The highest BCUT2D eigenvalue weighted by Crippen LogP contribution is 2.38. The first-order valence-corrected chi connectivity index (χ1v) is 10.8. The van der Waals surface area contributed by atoms with Gasteiger partial charge in [0, 0.05) is 55.1 Å². The Morgan fingerprint density at radius 3 is 2.77 bits per heavy atom. The third-order valence-electron chi connectivity index (χ3n) is 6.37. The molecule has 5 heterocycles. The summed E-state index contributed by atoms with van der Waals surface area (Å²) in [6, 6.07) is 8.84. The minimum absolute atomic E-state index is 0.164. The van der Waals surface area contributed by atoms with E-state index in [1.807, 2.05) is 19.1 Å². The quantitative estimate of drug-likeness (QED) is 0.480. The van der Waals surface area contributed by atoms with E-state index in [-0.39, 0.29) is 11.8 Å². The number of aromatic nitrogens is 4. The number of aryl methyl sites for hydroxylation is 1. The van der Waals surface area contributed by atoms with E-state index in [1.54, 1.807) is 12.3 Å². The topological polar surface area (TPSA) is 126 Å². The van der Waals surface area contributed by atoms with Gasteiger partial charge in [-0.3, -0.25) is 15.0 Å². The molecule has 0 aliphatic carbocycles. The number of nitrogens with one attached hydrogen (secondary N) is 3. The molecule has 2 saturated heterocycles. The van der Waals surface area contributed by atoms with Crippen LogP contribution in [-0.4, -0.2) is 54.8 Å². The smallest absolute Gasteiger partial charge is 0.153 e. The van der Waals surface area contributed by atoms with Crippen molar-refractivity contribution in [3.63, 3.8) is 0 Å². The lowest BCUT2D eigenvalue weighted by molar-refractivity contribution is 0.136.